The summed E-state index contributed by atoms with van der Waals surface area (Å²) in [6.07, 6.45) is 0. The first kappa shape index (κ1) is 6.39. The predicted octanol–water partition coefficient (Wildman–Crippen LogP) is 0.0251. The van der Waals surface area contributed by atoms with Crippen LogP contribution in [0.25, 0.3) is 0 Å². The number of hydrogen-bond acceptors (Lipinski definition) is 3. The summed E-state index contributed by atoms with van der Waals surface area (Å²) in [7, 11) is 1.96. The molecular formula is C6H13N3. The van der Waals surface area contributed by atoms with E-state index in [2.05, 4.69) is 18.8 Å². The zero-order valence-corrected chi connectivity index (χ0v) is 6.18. The van der Waals surface area contributed by atoms with E-state index in [9.17, 15) is 0 Å². The second-order valence-corrected chi connectivity index (χ2v) is 3.05. The Morgan fingerprint density at radius 1 is 1.67 bits per heavy atom. The van der Waals surface area contributed by atoms with Crippen molar-refractivity contribution in [2.75, 3.05) is 13.6 Å². The highest BCUT2D eigenvalue weighted by molar-refractivity contribution is 5.80. The maximum Gasteiger partial charge on any atom is 0.191 e. The Hall–Kier alpha value is -0.730. The summed E-state index contributed by atoms with van der Waals surface area (Å²) in [5.74, 6) is 0.653. The molecule has 9 heavy (non-hydrogen) atoms. The molecule has 2 N–H and O–H groups in total. The minimum Gasteiger partial charge on any atom is -0.370 e. The van der Waals surface area contributed by atoms with Crippen LogP contribution >= 0.6 is 0 Å². The minimum atomic E-state index is 0.129. The molecule has 1 heterocycles. The van der Waals surface area contributed by atoms with Crippen molar-refractivity contribution < 1.29 is 0 Å². The molecule has 1 rings (SSSR count). The van der Waals surface area contributed by atoms with E-state index in [1.54, 1.807) is 0 Å². The molecule has 0 aliphatic carbocycles. The zero-order valence-electron chi connectivity index (χ0n) is 6.18. The second-order valence-electron chi connectivity index (χ2n) is 3.05. The van der Waals surface area contributed by atoms with Gasteiger partial charge in [-0.15, -0.1) is 0 Å². The van der Waals surface area contributed by atoms with Crippen LogP contribution in [0.1, 0.15) is 13.8 Å². The van der Waals surface area contributed by atoms with E-state index < -0.39 is 0 Å². The number of rotatable bonds is 0. The summed E-state index contributed by atoms with van der Waals surface area (Å²) in [6.45, 7) is 5.06. The van der Waals surface area contributed by atoms with Gasteiger partial charge in [0, 0.05) is 7.05 Å². The van der Waals surface area contributed by atoms with E-state index >= 15 is 0 Å². The molecule has 0 bridgehead atoms. The fourth-order valence-corrected chi connectivity index (χ4v) is 0.797. The summed E-state index contributed by atoms with van der Waals surface area (Å²) >= 11 is 0. The highest BCUT2D eigenvalue weighted by Gasteiger charge is 2.29. The maximum atomic E-state index is 5.53. The smallest absolute Gasteiger partial charge is 0.191 e. The number of likely N-dealkylation sites (N-methyl/N-ethyl adjacent to an activating group) is 1. The van der Waals surface area contributed by atoms with Crippen LogP contribution in [0.4, 0.5) is 0 Å². The highest BCUT2D eigenvalue weighted by Crippen LogP contribution is 2.17. The normalized spacial score (nSPS) is 24.3. The van der Waals surface area contributed by atoms with E-state index in [1.165, 1.54) is 0 Å². The van der Waals surface area contributed by atoms with Gasteiger partial charge in [0.15, 0.2) is 5.96 Å². The number of nitrogens with two attached hydrogens (primary N) is 1. The van der Waals surface area contributed by atoms with Gasteiger partial charge in [-0.05, 0) is 13.8 Å². The molecule has 0 aromatic carbocycles. The fraction of sp³-hybridized carbons (Fsp3) is 0.833. The molecule has 0 spiro atoms. The van der Waals surface area contributed by atoms with E-state index in [-0.39, 0.29) is 5.54 Å². The quantitative estimate of drug-likeness (QED) is 0.498. The Labute approximate surface area is 55.6 Å². The van der Waals surface area contributed by atoms with Crippen LogP contribution in [0.15, 0.2) is 4.99 Å². The molecule has 1 aliphatic rings. The van der Waals surface area contributed by atoms with E-state index in [4.69, 9.17) is 5.73 Å². The van der Waals surface area contributed by atoms with Crippen molar-refractivity contribution in [3.63, 3.8) is 0 Å². The van der Waals surface area contributed by atoms with Crippen molar-refractivity contribution in [3.05, 3.63) is 0 Å². The summed E-state index contributed by atoms with van der Waals surface area (Å²) < 4.78 is 0. The fourth-order valence-electron chi connectivity index (χ4n) is 0.797. The molecule has 0 saturated heterocycles. The van der Waals surface area contributed by atoms with Gasteiger partial charge in [0.1, 0.15) is 0 Å². The second kappa shape index (κ2) is 1.62. The van der Waals surface area contributed by atoms with Crippen molar-refractivity contribution >= 4 is 5.96 Å². The molecule has 0 fully saturated rings. The lowest BCUT2D eigenvalue weighted by atomic mass is 10.1. The Bertz CT molecular complexity index is 148. The Morgan fingerprint density at radius 3 is 2.33 bits per heavy atom. The van der Waals surface area contributed by atoms with Crippen LogP contribution < -0.4 is 5.73 Å². The lowest BCUT2D eigenvalue weighted by Crippen LogP contribution is -2.44. The SMILES string of the molecule is CN1C(N)=NCC1(C)C. The van der Waals surface area contributed by atoms with Gasteiger partial charge in [-0.3, -0.25) is 4.99 Å². The third kappa shape index (κ3) is 0.866. The van der Waals surface area contributed by atoms with Gasteiger partial charge in [0.25, 0.3) is 0 Å². The summed E-state index contributed by atoms with van der Waals surface area (Å²) in [5.41, 5.74) is 5.66. The first-order valence-electron chi connectivity index (χ1n) is 3.08. The summed E-state index contributed by atoms with van der Waals surface area (Å²) in [5, 5.41) is 0. The molecule has 52 valence electrons. The Morgan fingerprint density at radius 2 is 2.22 bits per heavy atom. The minimum absolute atomic E-state index is 0.129. The van der Waals surface area contributed by atoms with Crippen molar-refractivity contribution in [1.82, 2.24) is 4.90 Å². The lowest BCUT2D eigenvalue weighted by molar-refractivity contribution is 0.290. The Balaban J connectivity index is 2.73. The molecule has 3 nitrogen and oxygen atoms in total. The molecule has 3 heteroatoms. The predicted molar refractivity (Wildman–Crippen MR) is 38.3 cm³/mol. The molecule has 0 saturated carbocycles. The van der Waals surface area contributed by atoms with Gasteiger partial charge in [-0.1, -0.05) is 0 Å². The van der Waals surface area contributed by atoms with Crippen LogP contribution in [0.5, 0.6) is 0 Å². The average Bonchev–Trinajstić information content (AvgIpc) is 1.97. The van der Waals surface area contributed by atoms with Crippen LogP contribution in [-0.2, 0) is 0 Å². The van der Waals surface area contributed by atoms with Crippen molar-refractivity contribution in [1.29, 1.82) is 0 Å². The van der Waals surface area contributed by atoms with E-state index in [1.807, 2.05) is 11.9 Å². The molecule has 0 radical (unpaired) electrons. The van der Waals surface area contributed by atoms with Gasteiger partial charge >= 0.3 is 0 Å². The first-order valence-corrected chi connectivity index (χ1v) is 3.08. The molecule has 0 unspecified atom stereocenters. The number of nitrogens with zero attached hydrogens (tertiary/aromatic N) is 2. The first-order chi connectivity index (χ1) is 4.04. The average molecular weight is 127 g/mol. The van der Waals surface area contributed by atoms with Crippen LogP contribution in [0.2, 0.25) is 0 Å². The third-order valence-electron chi connectivity index (χ3n) is 1.88. The Kier molecular flexibility index (Phi) is 1.15. The van der Waals surface area contributed by atoms with Crippen LogP contribution in [0.3, 0.4) is 0 Å². The van der Waals surface area contributed by atoms with Gasteiger partial charge in [-0.2, -0.15) is 0 Å². The van der Waals surface area contributed by atoms with Crippen LogP contribution in [-0.4, -0.2) is 30.0 Å². The monoisotopic (exact) mass is 127 g/mol. The molecule has 1 aliphatic heterocycles. The molecule has 0 aromatic heterocycles. The van der Waals surface area contributed by atoms with E-state index in [0.717, 1.165) is 6.54 Å². The van der Waals surface area contributed by atoms with Crippen LogP contribution in [0, 0.1) is 0 Å². The van der Waals surface area contributed by atoms with Gasteiger partial charge in [0.05, 0.1) is 12.1 Å². The number of guanidine groups is 1. The number of aliphatic imine (C=N–C) groups is 1. The summed E-state index contributed by atoms with van der Waals surface area (Å²) in [6, 6.07) is 0. The molecule has 0 aromatic rings. The lowest BCUT2D eigenvalue weighted by Gasteiger charge is -2.28. The zero-order chi connectivity index (χ0) is 7.07. The maximum absolute atomic E-state index is 5.53. The van der Waals surface area contributed by atoms with Gasteiger partial charge in [-0.25, -0.2) is 0 Å². The molecule has 0 atom stereocenters. The standard InChI is InChI=1S/C6H13N3/c1-6(2)4-8-5(7)9(6)3/h4H2,1-3H3,(H2,7,8). The van der Waals surface area contributed by atoms with Crippen molar-refractivity contribution in [3.8, 4) is 0 Å². The van der Waals surface area contributed by atoms with E-state index in [0.29, 0.717) is 5.96 Å². The van der Waals surface area contributed by atoms with Crippen molar-refractivity contribution in [2.24, 2.45) is 10.7 Å². The van der Waals surface area contributed by atoms with Gasteiger partial charge in [0.2, 0.25) is 0 Å². The van der Waals surface area contributed by atoms with Gasteiger partial charge < -0.3 is 10.6 Å². The summed E-state index contributed by atoms with van der Waals surface area (Å²) in [4.78, 5) is 6.08. The largest absolute Gasteiger partial charge is 0.370 e. The number of hydrogen-bond donors (Lipinski definition) is 1. The van der Waals surface area contributed by atoms with Crippen molar-refractivity contribution in [2.45, 2.75) is 19.4 Å². The highest BCUT2D eigenvalue weighted by atomic mass is 15.3. The third-order valence-corrected chi connectivity index (χ3v) is 1.88. The molecule has 0 amide bonds. The molecular weight excluding hydrogens is 114 g/mol. The topological polar surface area (TPSA) is 41.6 Å².